The fraction of sp³-hybridized carbons (Fsp3) is 0.167. The molecule has 0 bridgehead atoms. The molecule has 0 spiro atoms. The number of halogens is 1. The minimum absolute atomic E-state index is 0.0416. The molecule has 0 atom stereocenters. The lowest BCUT2D eigenvalue weighted by Gasteiger charge is -2.06. The van der Waals surface area contributed by atoms with Gasteiger partial charge in [0.25, 0.3) is 5.91 Å². The van der Waals surface area contributed by atoms with Crippen molar-refractivity contribution in [2.24, 2.45) is 0 Å². The molecule has 18 heavy (non-hydrogen) atoms. The Bertz CT molecular complexity index is 537. The Balaban J connectivity index is 1.85. The maximum atomic E-state index is 11.6. The average Bonchev–Trinajstić information content (AvgIpc) is 2.74. The van der Waals surface area contributed by atoms with Gasteiger partial charge in [0.2, 0.25) is 0 Å². The molecule has 94 valence electrons. The van der Waals surface area contributed by atoms with Gasteiger partial charge in [-0.1, -0.05) is 15.9 Å². The van der Waals surface area contributed by atoms with E-state index in [0.29, 0.717) is 11.6 Å². The first-order chi connectivity index (χ1) is 8.65. The van der Waals surface area contributed by atoms with Crippen molar-refractivity contribution >= 4 is 27.7 Å². The zero-order valence-corrected chi connectivity index (χ0v) is 11.3. The number of benzene rings is 1. The number of aryl methyl sites for hydroxylation is 1. The first-order valence-corrected chi connectivity index (χ1v) is 6.12. The molecule has 1 aromatic heterocycles. The first kappa shape index (κ1) is 12.6. The van der Waals surface area contributed by atoms with Crippen molar-refractivity contribution in [1.82, 2.24) is 10.2 Å². The van der Waals surface area contributed by atoms with E-state index in [1.807, 2.05) is 19.1 Å². The van der Waals surface area contributed by atoms with Gasteiger partial charge in [-0.25, -0.2) is 0 Å². The largest absolute Gasteiger partial charge is 0.484 e. The van der Waals surface area contributed by atoms with E-state index in [9.17, 15) is 4.79 Å². The van der Waals surface area contributed by atoms with Gasteiger partial charge in [-0.3, -0.25) is 9.89 Å². The van der Waals surface area contributed by atoms with Crippen LogP contribution in [-0.4, -0.2) is 22.7 Å². The summed E-state index contributed by atoms with van der Waals surface area (Å²) in [5, 5.41) is 9.20. The van der Waals surface area contributed by atoms with Crippen molar-refractivity contribution in [1.29, 1.82) is 0 Å². The minimum atomic E-state index is -0.231. The fourth-order valence-electron chi connectivity index (χ4n) is 1.33. The molecule has 5 nitrogen and oxygen atoms in total. The summed E-state index contributed by atoms with van der Waals surface area (Å²) in [7, 11) is 0. The zero-order valence-electron chi connectivity index (χ0n) is 9.74. The molecule has 0 radical (unpaired) electrons. The molecular weight excluding hydrogens is 298 g/mol. The summed E-state index contributed by atoms with van der Waals surface area (Å²) < 4.78 is 6.31. The van der Waals surface area contributed by atoms with Gasteiger partial charge >= 0.3 is 0 Å². The van der Waals surface area contributed by atoms with Crippen LogP contribution in [0.2, 0.25) is 0 Å². The predicted molar refractivity (Wildman–Crippen MR) is 71.6 cm³/mol. The third-order valence-electron chi connectivity index (χ3n) is 2.28. The van der Waals surface area contributed by atoms with E-state index in [1.54, 1.807) is 18.3 Å². The molecule has 2 aromatic rings. The highest BCUT2D eigenvalue weighted by Crippen LogP contribution is 2.16. The average molecular weight is 310 g/mol. The van der Waals surface area contributed by atoms with Crippen molar-refractivity contribution < 1.29 is 9.53 Å². The normalized spacial score (nSPS) is 10.1. The van der Waals surface area contributed by atoms with E-state index in [0.717, 1.165) is 10.0 Å². The summed E-state index contributed by atoms with van der Waals surface area (Å²) in [4.78, 5) is 11.6. The number of carbonyl (C=O) groups is 1. The number of amides is 1. The van der Waals surface area contributed by atoms with E-state index >= 15 is 0 Å². The van der Waals surface area contributed by atoms with Gasteiger partial charge < -0.3 is 10.1 Å². The molecule has 0 aliphatic carbocycles. The van der Waals surface area contributed by atoms with Crippen LogP contribution in [0.25, 0.3) is 0 Å². The summed E-state index contributed by atoms with van der Waals surface area (Å²) >= 11 is 3.33. The number of ether oxygens (including phenoxy) is 1. The van der Waals surface area contributed by atoms with Crippen molar-refractivity contribution in [2.75, 3.05) is 11.9 Å². The van der Waals surface area contributed by atoms with E-state index in [1.165, 1.54) is 0 Å². The Morgan fingerprint density at radius 2 is 2.17 bits per heavy atom. The molecule has 0 saturated carbocycles. The fourth-order valence-corrected chi connectivity index (χ4v) is 1.59. The molecule has 0 aliphatic heterocycles. The number of aromatic amines is 1. The third kappa shape index (κ3) is 3.33. The van der Waals surface area contributed by atoms with E-state index in [-0.39, 0.29) is 12.5 Å². The number of aromatic nitrogens is 2. The van der Waals surface area contributed by atoms with Crippen LogP contribution in [0, 0.1) is 6.92 Å². The molecule has 2 rings (SSSR count). The monoisotopic (exact) mass is 309 g/mol. The molecule has 0 unspecified atom stereocenters. The summed E-state index contributed by atoms with van der Waals surface area (Å²) in [6, 6.07) is 7.29. The zero-order chi connectivity index (χ0) is 13.0. The number of carbonyl (C=O) groups excluding carboxylic acids is 1. The van der Waals surface area contributed by atoms with Crippen LogP contribution in [-0.2, 0) is 4.79 Å². The van der Waals surface area contributed by atoms with E-state index < -0.39 is 0 Å². The van der Waals surface area contributed by atoms with Crippen LogP contribution >= 0.6 is 15.9 Å². The van der Waals surface area contributed by atoms with E-state index in [2.05, 4.69) is 31.4 Å². The number of rotatable bonds is 4. The molecule has 0 aliphatic rings. The smallest absolute Gasteiger partial charge is 0.263 e. The number of nitrogens with zero attached hydrogens (tertiary/aromatic N) is 1. The van der Waals surface area contributed by atoms with Crippen LogP contribution in [0.3, 0.4) is 0 Å². The highest BCUT2D eigenvalue weighted by Gasteiger charge is 2.06. The molecule has 6 heteroatoms. The second-order valence-corrected chi connectivity index (χ2v) is 4.63. The minimum Gasteiger partial charge on any atom is -0.484 e. The summed E-state index contributed by atoms with van der Waals surface area (Å²) in [6.45, 7) is 1.81. The second kappa shape index (κ2) is 5.68. The van der Waals surface area contributed by atoms with Gasteiger partial charge in [0.1, 0.15) is 11.6 Å². The Morgan fingerprint density at radius 3 is 2.78 bits per heavy atom. The summed E-state index contributed by atoms with van der Waals surface area (Å²) in [5.41, 5.74) is 0.881. The predicted octanol–water partition coefficient (Wildman–Crippen LogP) is 2.50. The lowest BCUT2D eigenvalue weighted by Crippen LogP contribution is -2.20. The number of hydrogen-bond donors (Lipinski definition) is 2. The lowest BCUT2D eigenvalue weighted by molar-refractivity contribution is -0.118. The number of H-pyrrole nitrogens is 1. The van der Waals surface area contributed by atoms with Gasteiger partial charge in [0.15, 0.2) is 6.61 Å². The highest BCUT2D eigenvalue weighted by atomic mass is 79.9. The van der Waals surface area contributed by atoms with E-state index in [4.69, 9.17) is 4.74 Å². The summed E-state index contributed by atoms with van der Waals surface area (Å²) in [6.07, 6.45) is 1.64. The van der Waals surface area contributed by atoms with Crippen LogP contribution in [0.15, 0.2) is 34.9 Å². The van der Waals surface area contributed by atoms with Crippen molar-refractivity contribution in [3.63, 3.8) is 0 Å². The number of nitrogens with one attached hydrogen (secondary N) is 2. The third-order valence-corrected chi connectivity index (χ3v) is 2.81. The number of hydrogen-bond acceptors (Lipinski definition) is 3. The Labute approximate surface area is 113 Å². The standard InChI is InChI=1S/C12H12BrN3O2/c1-8-6-14-16-12(8)15-11(17)7-18-10-4-2-9(13)3-5-10/h2-6H,7H2,1H3,(H2,14,15,16,17). The summed E-state index contributed by atoms with van der Waals surface area (Å²) in [5.74, 6) is 1.01. The van der Waals surface area contributed by atoms with Gasteiger partial charge in [0, 0.05) is 10.0 Å². The van der Waals surface area contributed by atoms with Gasteiger partial charge in [-0.15, -0.1) is 0 Å². The molecule has 1 aromatic carbocycles. The van der Waals surface area contributed by atoms with Gasteiger partial charge in [0.05, 0.1) is 6.20 Å². The van der Waals surface area contributed by atoms with Crippen molar-refractivity contribution in [3.8, 4) is 5.75 Å². The molecular formula is C12H12BrN3O2. The van der Waals surface area contributed by atoms with Gasteiger partial charge in [-0.05, 0) is 31.2 Å². The SMILES string of the molecule is Cc1cn[nH]c1NC(=O)COc1ccc(Br)cc1. The van der Waals surface area contributed by atoms with Crippen LogP contribution in [0.1, 0.15) is 5.56 Å². The Hall–Kier alpha value is -1.82. The highest BCUT2D eigenvalue weighted by molar-refractivity contribution is 9.10. The molecule has 1 heterocycles. The van der Waals surface area contributed by atoms with Crippen molar-refractivity contribution in [2.45, 2.75) is 6.92 Å². The van der Waals surface area contributed by atoms with Crippen LogP contribution < -0.4 is 10.1 Å². The first-order valence-electron chi connectivity index (χ1n) is 5.33. The maximum absolute atomic E-state index is 11.6. The molecule has 0 saturated heterocycles. The topological polar surface area (TPSA) is 67.0 Å². The Morgan fingerprint density at radius 1 is 1.44 bits per heavy atom. The van der Waals surface area contributed by atoms with Crippen LogP contribution in [0.5, 0.6) is 5.75 Å². The molecule has 1 amide bonds. The lowest BCUT2D eigenvalue weighted by atomic mass is 10.3. The van der Waals surface area contributed by atoms with Crippen LogP contribution in [0.4, 0.5) is 5.82 Å². The van der Waals surface area contributed by atoms with Crippen molar-refractivity contribution in [3.05, 3.63) is 40.5 Å². The second-order valence-electron chi connectivity index (χ2n) is 3.72. The quantitative estimate of drug-likeness (QED) is 0.912. The number of anilines is 1. The van der Waals surface area contributed by atoms with Gasteiger partial charge in [-0.2, -0.15) is 5.10 Å². The molecule has 2 N–H and O–H groups in total. The maximum Gasteiger partial charge on any atom is 0.263 e. The molecule has 0 fully saturated rings. The Kier molecular flexibility index (Phi) is 3.99.